The van der Waals surface area contributed by atoms with Crippen LogP contribution in [-0.2, 0) is 26.3 Å². The maximum atomic E-state index is 11.8. The predicted molar refractivity (Wildman–Crippen MR) is 89.3 cm³/mol. The molecule has 0 heterocycles. The molecule has 0 fully saturated rings. The van der Waals surface area contributed by atoms with Crippen LogP contribution in [0, 0.1) is 6.58 Å². The summed E-state index contributed by atoms with van der Waals surface area (Å²) in [6.45, 7) is 9.91. The van der Waals surface area contributed by atoms with Gasteiger partial charge in [0.25, 0.3) is 0 Å². The van der Waals surface area contributed by atoms with Gasteiger partial charge in [-0.2, -0.15) is 5.57 Å². The van der Waals surface area contributed by atoms with Crippen molar-refractivity contribution in [3.05, 3.63) is 89.5 Å². The van der Waals surface area contributed by atoms with Crippen molar-refractivity contribution < 1.29 is 31.2 Å². The molecule has 0 aromatic heterocycles. The Bertz CT molecular complexity index is 709. The van der Waals surface area contributed by atoms with Gasteiger partial charge in [-0.05, 0) is 0 Å². The molecule has 4 heteroatoms. The van der Waals surface area contributed by atoms with Crippen molar-refractivity contribution in [2.24, 2.45) is 0 Å². The van der Waals surface area contributed by atoms with Crippen molar-refractivity contribution in [2.75, 3.05) is 0 Å². The fourth-order valence-corrected chi connectivity index (χ4v) is 3.34. The summed E-state index contributed by atoms with van der Waals surface area (Å²) in [6.07, 6.45) is 0. The largest absolute Gasteiger partial charge is 0.595 e. The first-order valence-electron chi connectivity index (χ1n) is 7.06. The van der Waals surface area contributed by atoms with Crippen LogP contribution in [-0.4, -0.2) is 0 Å². The summed E-state index contributed by atoms with van der Waals surface area (Å²) in [5.41, 5.74) is 3.17. The molecule has 2 atom stereocenters. The smallest absolute Gasteiger partial charge is 0.320 e. The normalized spacial score (nSPS) is 13.4. The SMILES string of the molecule is [CH-]=C(C(C)=C(C)C(c1ccccc1)[P+](=O)[O-])c1ccccc1.[Ti]. The van der Waals surface area contributed by atoms with Crippen LogP contribution in [0.1, 0.15) is 30.6 Å². The fraction of sp³-hybridized carbons (Fsp3) is 0.158. The molecule has 2 aromatic carbocycles. The first-order chi connectivity index (χ1) is 10.5. The van der Waals surface area contributed by atoms with Crippen molar-refractivity contribution in [1.82, 2.24) is 0 Å². The maximum Gasteiger partial charge on any atom is 0.320 e. The van der Waals surface area contributed by atoms with Gasteiger partial charge in [-0.15, -0.1) is 23.3 Å². The monoisotopic (exact) mass is 357 g/mol. The molecule has 2 nitrogen and oxygen atoms in total. The van der Waals surface area contributed by atoms with E-state index in [0.717, 1.165) is 22.3 Å². The molecule has 0 radical (unpaired) electrons. The van der Waals surface area contributed by atoms with Crippen molar-refractivity contribution >= 4 is 13.6 Å². The van der Waals surface area contributed by atoms with Crippen LogP contribution in [0.25, 0.3) is 5.57 Å². The summed E-state index contributed by atoms with van der Waals surface area (Å²) in [4.78, 5) is 11.8. The maximum absolute atomic E-state index is 11.8. The van der Waals surface area contributed by atoms with Gasteiger partial charge in [0.15, 0.2) is 5.66 Å². The molecule has 0 aliphatic heterocycles. The van der Waals surface area contributed by atoms with Crippen LogP contribution in [0.5, 0.6) is 0 Å². The molecule has 0 saturated heterocycles. The van der Waals surface area contributed by atoms with Crippen molar-refractivity contribution in [1.29, 1.82) is 0 Å². The Morgan fingerprint density at radius 2 is 1.48 bits per heavy atom. The van der Waals surface area contributed by atoms with Gasteiger partial charge in [0, 0.05) is 27.3 Å². The number of hydrogen-bond donors (Lipinski definition) is 0. The third kappa shape index (κ3) is 4.83. The molecule has 0 bridgehead atoms. The molecule has 2 aromatic rings. The minimum atomic E-state index is -2.63. The Morgan fingerprint density at radius 1 is 1.00 bits per heavy atom. The molecule has 2 rings (SSSR count). The van der Waals surface area contributed by atoms with Crippen LogP contribution < -0.4 is 4.89 Å². The number of benzene rings is 2. The Kier molecular flexibility index (Phi) is 7.81. The topological polar surface area (TPSA) is 40.1 Å². The second kappa shape index (κ2) is 9.10. The summed E-state index contributed by atoms with van der Waals surface area (Å²) in [5, 5.41) is 0. The van der Waals surface area contributed by atoms with Crippen LogP contribution in [0.2, 0.25) is 0 Å². The van der Waals surface area contributed by atoms with Crippen molar-refractivity contribution in [3.63, 3.8) is 0 Å². The average molecular weight is 357 g/mol. The summed E-state index contributed by atoms with van der Waals surface area (Å²) < 4.78 is 11.8. The molecule has 0 amide bonds. The predicted octanol–water partition coefficient (Wildman–Crippen LogP) is 4.68. The molecule has 0 N–H and O–H groups in total. The third-order valence-electron chi connectivity index (χ3n) is 3.82. The van der Waals surface area contributed by atoms with Gasteiger partial charge in [0.2, 0.25) is 0 Å². The molecule has 0 saturated carbocycles. The van der Waals surface area contributed by atoms with Gasteiger partial charge in [-0.3, -0.25) is 0 Å². The van der Waals surface area contributed by atoms with Gasteiger partial charge in [-0.1, -0.05) is 72.5 Å². The molecule has 0 aliphatic rings. The molecule has 0 aliphatic carbocycles. The summed E-state index contributed by atoms with van der Waals surface area (Å²) >= 11 is 0. The zero-order valence-corrected chi connectivity index (χ0v) is 15.6. The second-order valence-electron chi connectivity index (χ2n) is 5.19. The molecular formula is C19H18O2PTi-. The van der Waals surface area contributed by atoms with Gasteiger partial charge >= 0.3 is 8.03 Å². The minimum Gasteiger partial charge on any atom is -0.595 e. The van der Waals surface area contributed by atoms with Gasteiger partial charge in [-0.25, -0.2) is 6.58 Å². The Labute approximate surface area is 153 Å². The third-order valence-corrected chi connectivity index (χ3v) is 4.92. The van der Waals surface area contributed by atoms with Crippen molar-refractivity contribution in [3.8, 4) is 0 Å². The molecule has 23 heavy (non-hydrogen) atoms. The molecule has 116 valence electrons. The fourth-order valence-electron chi connectivity index (χ4n) is 2.42. The Balaban J connectivity index is 0.00000264. The van der Waals surface area contributed by atoms with E-state index in [9.17, 15) is 9.46 Å². The summed E-state index contributed by atoms with van der Waals surface area (Å²) in [6, 6.07) is 18.8. The first kappa shape index (κ1) is 19.7. The standard InChI is InChI=1S/C19H18O2P.Ti/c1-14(15(2)17-10-6-4-7-11-17)16(3)19(22(20)21)18-12-8-5-9-13-18;/h2,4-13,19H,1,3H3;/q-1;. The van der Waals surface area contributed by atoms with E-state index in [2.05, 4.69) is 0 Å². The quantitative estimate of drug-likeness (QED) is 0.337. The summed E-state index contributed by atoms with van der Waals surface area (Å²) in [5.74, 6) is 0. The average Bonchev–Trinajstić information content (AvgIpc) is 2.55. The van der Waals surface area contributed by atoms with Crippen molar-refractivity contribution in [2.45, 2.75) is 19.5 Å². The van der Waals surface area contributed by atoms with E-state index in [1.54, 1.807) is 0 Å². The van der Waals surface area contributed by atoms with Crippen LogP contribution in [0.4, 0.5) is 0 Å². The molecular weight excluding hydrogens is 339 g/mol. The first-order valence-corrected chi connectivity index (χ1v) is 8.31. The summed E-state index contributed by atoms with van der Waals surface area (Å²) in [7, 11) is -2.63. The number of rotatable bonds is 5. The van der Waals surface area contributed by atoms with Crippen LogP contribution in [0.15, 0.2) is 71.8 Å². The van der Waals surface area contributed by atoms with E-state index in [4.69, 9.17) is 6.58 Å². The molecule has 0 spiro atoms. The van der Waals surface area contributed by atoms with Gasteiger partial charge in [0.1, 0.15) is 0 Å². The van der Waals surface area contributed by atoms with Gasteiger partial charge in [0.05, 0.1) is 0 Å². The Hall–Kier alpha value is -1.31. The minimum absolute atomic E-state index is 0. The van der Waals surface area contributed by atoms with E-state index >= 15 is 0 Å². The van der Waals surface area contributed by atoms with E-state index in [0.29, 0.717) is 5.57 Å². The second-order valence-corrected chi connectivity index (χ2v) is 6.27. The molecule has 2 unspecified atom stereocenters. The van der Waals surface area contributed by atoms with Crippen LogP contribution >= 0.6 is 8.03 Å². The Morgan fingerprint density at radius 3 is 1.96 bits per heavy atom. The zero-order valence-electron chi connectivity index (χ0n) is 13.2. The van der Waals surface area contributed by atoms with E-state index in [1.807, 2.05) is 74.5 Å². The number of allylic oxidation sites excluding steroid dienone is 3. The number of hydrogen-bond acceptors (Lipinski definition) is 2. The van der Waals surface area contributed by atoms with E-state index < -0.39 is 13.7 Å². The zero-order chi connectivity index (χ0) is 16.1. The van der Waals surface area contributed by atoms with Gasteiger partial charge < -0.3 is 4.89 Å². The van der Waals surface area contributed by atoms with Crippen LogP contribution in [0.3, 0.4) is 0 Å². The van der Waals surface area contributed by atoms with E-state index in [1.165, 1.54) is 0 Å². The van der Waals surface area contributed by atoms with E-state index in [-0.39, 0.29) is 21.7 Å².